The third kappa shape index (κ3) is 3.23. The van der Waals surface area contributed by atoms with Gasteiger partial charge in [0.05, 0.1) is 10.7 Å². The molecule has 0 aliphatic carbocycles. The number of rotatable bonds is 2. The summed E-state index contributed by atoms with van der Waals surface area (Å²) in [6.07, 6.45) is 1.10. The Morgan fingerprint density at radius 1 is 1.11 bits per heavy atom. The fraction of sp³-hybridized carbons (Fsp3) is 0. The molecule has 0 bridgehead atoms. The predicted octanol–water partition coefficient (Wildman–Crippen LogP) is 1.36. The van der Waals surface area contributed by atoms with E-state index in [0.29, 0.717) is 10.7 Å². The number of amides is 2. The number of aromatic amines is 2. The number of halogens is 1. The lowest BCUT2D eigenvalue weighted by atomic mass is 10.3. The maximum absolute atomic E-state index is 11.6. The van der Waals surface area contributed by atoms with Crippen LogP contribution >= 0.6 is 11.6 Å². The summed E-state index contributed by atoms with van der Waals surface area (Å²) in [7, 11) is 0. The molecule has 0 aliphatic rings. The minimum absolute atomic E-state index is 0.0795. The van der Waals surface area contributed by atoms with Gasteiger partial charge in [-0.3, -0.25) is 9.78 Å². The van der Waals surface area contributed by atoms with E-state index in [1.54, 1.807) is 24.3 Å². The fourth-order valence-electron chi connectivity index (χ4n) is 1.34. The number of nitrogens with one attached hydrogen (secondary N) is 4. The monoisotopic (exact) mass is 280 g/mol. The average Bonchev–Trinajstić information content (AvgIpc) is 2.36. The summed E-state index contributed by atoms with van der Waals surface area (Å²) < 4.78 is 0. The minimum atomic E-state index is -0.696. The molecule has 0 unspecified atom stereocenters. The zero-order valence-corrected chi connectivity index (χ0v) is 10.2. The van der Waals surface area contributed by atoms with Crippen molar-refractivity contribution in [2.75, 3.05) is 10.6 Å². The van der Waals surface area contributed by atoms with Gasteiger partial charge < -0.3 is 15.6 Å². The van der Waals surface area contributed by atoms with Gasteiger partial charge in [0, 0.05) is 6.20 Å². The average molecular weight is 281 g/mol. The van der Waals surface area contributed by atoms with E-state index in [0.717, 1.165) is 6.20 Å². The highest BCUT2D eigenvalue weighted by molar-refractivity contribution is 6.33. The lowest BCUT2D eigenvalue weighted by Crippen LogP contribution is -2.28. The molecular weight excluding hydrogens is 272 g/mol. The third-order valence-corrected chi connectivity index (χ3v) is 2.52. The van der Waals surface area contributed by atoms with Crippen molar-refractivity contribution in [3.05, 3.63) is 56.3 Å². The molecule has 0 saturated carbocycles. The highest BCUT2D eigenvalue weighted by atomic mass is 35.5. The predicted molar refractivity (Wildman–Crippen MR) is 71.8 cm³/mol. The molecular formula is C11H9ClN4O3. The second-order valence-electron chi connectivity index (χ2n) is 3.54. The van der Waals surface area contributed by atoms with Gasteiger partial charge in [-0.2, -0.15) is 0 Å². The van der Waals surface area contributed by atoms with Gasteiger partial charge in [0.25, 0.3) is 5.56 Å². The Morgan fingerprint density at radius 2 is 1.79 bits per heavy atom. The molecule has 1 heterocycles. The number of benzene rings is 1. The van der Waals surface area contributed by atoms with Crippen molar-refractivity contribution in [3.8, 4) is 0 Å². The fourth-order valence-corrected chi connectivity index (χ4v) is 1.52. The molecule has 0 atom stereocenters. The Bertz CT molecular complexity index is 722. The molecule has 2 aromatic rings. The van der Waals surface area contributed by atoms with Crippen LogP contribution in [0.2, 0.25) is 5.02 Å². The third-order valence-electron chi connectivity index (χ3n) is 2.19. The first-order valence-corrected chi connectivity index (χ1v) is 5.58. The summed E-state index contributed by atoms with van der Waals surface area (Å²) in [5.74, 6) is 0. The van der Waals surface area contributed by atoms with Crippen LogP contribution in [0.15, 0.2) is 40.1 Å². The Morgan fingerprint density at radius 3 is 2.47 bits per heavy atom. The van der Waals surface area contributed by atoms with E-state index in [9.17, 15) is 14.4 Å². The van der Waals surface area contributed by atoms with Crippen LogP contribution in [0.25, 0.3) is 0 Å². The highest BCUT2D eigenvalue weighted by Gasteiger charge is 2.07. The van der Waals surface area contributed by atoms with E-state index in [1.807, 2.05) is 4.98 Å². The maximum Gasteiger partial charge on any atom is 0.325 e. The van der Waals surface area contributed by atoms with Gasteiger partial charge >= 0.3 is 11.7 Å². The first-order chi connectivity index (χ1) is 9.06. The van der Waals surface area contributed by atoms with Gasteiger partial charge in [0.15, 0.2) is 0 Å². The van der Waals surface area contributed by atoms with Crippen molar-refractivity contribution < 1.29 is 4.79 Å². The zero-order chi connectivity index (χ0) is 13.8. The van der Waals surface area contributed by atoms with Gasteiger partial charge in [0.2, 0.25) is 0 Å². The van der Waals surface area contributed by atoms with Crippen LogP contribution in [0, 0.1) is 0 Å². The van der Waals surface area contributed by atoms with Gasteiger partial charge in [-0.05, 0) is 12.1 Å². The molecule has 7 nitrogen and oxygen atoms in total. The minimum Gasteiger partial charge on any atom is -0.312 e. The Labute approximate surface area is 111 Å². The number of hydrogen-bond donors (Lipinski definition) is 4. The van der Waals surface area contributed by atoms with Gasteiger partial charge in [0.1, 0.15) is 5.69 Å². The molecule has 2 rings (SSSR count). The number of H-pyrrole nitrogens is 2. The van der Waals surface area contributed by atoms with Crippen LogP contribution in [-0.2, 0) is 0 Å². The Hall–Kier alpha value is -2.54. The number of urea groups is 1. The number of carbonyl (C=O) groups is 1. The number of carbonyl (C=O) groups excluding carboxylic acids is 1. The quantitative estimate of drug-likeness (QED) is 0.667. The molecule has 8 heteroatoms. The highest BCUT2D eigenvalue weighted by Crippen LogP contribution is 2.20. The summed E-state index contributed by atoms with van der Waals surface area (Å²) in [6.45, 7) is 0. The van der Waals surface area contributed by atoms with Crippen LogP contribution in [0.5, 0.6) is 0 Å². The van der Waals surface area contributed by atoms with Crippen LogP contribution in [-0.4, -0.2) is 16.0 Å². The summed E-state index contributed by atoms with van der Waals surface area (Å²) in [6, 6.07) is 6.00. The van der Waals surface area contributed by atoms with Crippen molar-refractivity contribution in [2.45, 2.75) is 0 Å². The van der Waals surface area contributed by atoms with Crippen molar-refractivity contribution >= 4 is 29.0 Å². The number of anilines is 2. The summed E-state index contributed by atoms with van der Waals surface area (Å²) >= 11 is 5.87. The molecule has 2 amide bonds. The van der Waals surface area contributed by atoms with Crippen LogP contribution in [0.4, 0.5) is 16.2 Å². The zero-order valence-electron chi connectivity index (χ0n) is 9.49. The number of para-hydroxylation sites is 1. The van der Waals surface area contributed by atoms with Crippen molar-refractivity contribution in [3.63, 3.8) is 0 Å². The molecule has 98 valence electrons. The summed E-state index contributed by atoms with van der Waals surface area (Å²) in [5, 5.41) is 5.13. The molecule has 0 spiro atoms. The lowest BCUT2D eigenvalue weighted by molar-refractivity contribution is 0.262. The number of aromatic nitrogens is 2. The van der Waals surface area contributed by atoms with Crippen molar-refractivity contribution in [1.82, 2.24) is 9.97 Å². The molecule has 1 aromatic heterocycles. The standard InChI is InChI=1S/C11H9ClN4O3/c12-6-3-1-2-4-7(6)14-11(19)15-8-5-13-10(18)16-9(8)17/h1-5H,(H2,14,15,19)(H2,13,16,17,18). The van der Waals surface area contributed by atoms with Gasteiger partial charge in [-0.25, -0.2) is 9.59 Å². The van der Waals surface area contributed by atoms with Gasteiger partial charge in [-0.15, -0.1) is 0 Å². The normalized spacial score (nSPS) is 9.95. The Kier molecular flexibility index (Phi) is 3.67. The molecule has 1 aromatic carbocycles. The topological polar surface area (TPSA) is 107 Å². The Balaban J connectivity index is 2.12. The molecule has 4 N–H and O–H groups in total. The SMILES string of the molecule is O=C(Nc1ccccc1Cl)Nc1c[nH]c(=O)[nH]c1=O. The first-order valence-electron chi connectivity index (χ1n) is 5.21. The first kappa shape index (κ1) is 12.9. The largest absolute Gasteiger partial charge is 0.325 e. The smallest absolute Gasteiger partial charge is 0.312 e. The van der Waals surface area contributed by atoms with Crippen LogP contribution < -0.4 is 21.9 Å². The van der Waals surface area contributed by atoms with Crippen molar-refractivity contribution in [2.24, 2.45) is 0 Å². The second kappa shape index (κ2) is 5.40. The lowest BCUT2D eigenvalue weighted by Gasteiger charge is -2.07. The van der Waals surface area contributed by atoms with E-state index >= 15 is 0 Å². The molecule has 0 fully saturated rings. The second-order valence-corrected chi connectivity index (χ2v) is 3.95. The van der Waals surface area contributed by atoms with E-state index in [-0.39, 0.29) is 5.69 Å². The molecule has 0 aliphatic heterocycles. The molecule has 0 saturated heterocycles. The van der Waals surface area contributed by atoms with Crippen LogP contribution in [0.3, 0.4) is 0 Å². The molecule has 19 heavy (non-hydrogen) atoms. The maximum atomic E-state index is 11.6. The van der Waals surface area contributed by atoms with Gasteiger partial charge in [-0.1, -0.05) is 23.7 Å². The van der Waals surface area contributed by atoms with E-state index in [1.165, 1.54) is 0 Å². The van der Waals surface area contributed by atoms with Crippen LogP contribution in [0.1, 0.15) is 0 Å². The van der Waals surface area contributed by atoms with E-state index < -0.39 is 17.3 Å². The molecule has 0 radical (unpaired) electrons. The van der Waals surface area contributed by atoms with Crippen molar-refractivity contribution in [1.29, 1.82) is 0 Å². The summed E-state index contributed by atoms with van der Waals surface area (Å²) in [4.78, 5) is 38.0. The van der Waals surface area contributed by atoms with E-state index in [4.69, 9.17) is 11.6 Å². The van der Waals surface area contributed by atoms with E-state index in [2.05, 4.69) is 15.6 Å². The summed E-state index contributed by atoms with van der Waals surface area (Å²) in [5.41, 5.74) is -1.02. The number of hydrogen-bond acceptors (Lipinski definition) is 3.